The summed E-state index contributed by atoms with van der Waals surface area (Å²) in [5.74, 6) is -12.8. The van der Waals surface area contributed by atoms with E-state index in [1.165, 1.54) is 0 Å². The summed E-state index contributed by atoms with van der Waals surface area (Å²) in [6, 6.07) is 1.84. The van der Waals surface area contributed by atoms with E-state index in [2.05, 4.69) is 5.32 Å². The Hall–Kier alpha value is -3.15. The van der Waals surface area contributed by atoms with Crippen LogP contribution in [0.2, 0.25) is 0 Å². The number of aliphatic hydroxyl groups is 1. The van der Waals surface area contributed by atoms with E-state index in [4.69, 9.17) is 4.42 Å². The van der Waals surface area contributed by atoms with Crippen LogP contribution >= 0.6 is 12.4 Å². The number of piperidine rings is 1. The highest BCUT2D eigenvalue weighted by Gasteiger charge is 2.32. The van der Waals surface area contributed by atoms with E-state index in [0.717, 1.165) is 18.2 Å². The summed E-state index contributed by atoms with van der Waals surface area (Å²) in [4.78, 5) is 12.7. The minimum atomic E-state index is -2.31. The maximum absolute atomic E-state index is 14.0. The van der Waals surface area contributed by atoms with Gasteiger partial charge in [-0.2, -0.15) is 0 Å². The summed E-state index contributed by atoms with van der Waals surface area (Å²) in [5, 5.41) is 33.3. The van der Waals surface area contributed by atoms with Gasteiger partial charge < -0.3 is 25.1 Å². The van der Waals surface area contributed by atoms with Crippen LogP contribution < -0.4 is 10.7 Å². The summed E-state index contributed by atoms with van der Waals surface area (Å²) in [5.41, 5.74) is -2.08. The molecule has 4 N–H and O–H groups in total. The smallest absolute Gasteiger partial charge is 0.200 e. The lowest BCUT2D eigenvalue weighted by molar-refractivity contribution is 0.178. The van der Waals surface area contributed by atoms with Crippen LogP contribution in [-0.4, -0.2) is 35.0 Å². The average Bonchev–Trinajstić information content (AvgIpc) is 2.81. The summed E-state index contributed by atoms with van der Waals surface area (Å²) in [7, 11) is 0. The fourth-order valence-electron chi connectivity index (χ4n) is 4.21. The number of hydrogen-bond donors (Lipinski definition) is 4. The van der Waals surface area contributed by atoms with Gasteiger partial charge in [-0.15, -0.1) is 12.4 Å². The topological polar surface area (TPSA) is 103 Å². The largest absolute Gasteiger partial charge is 0.507 e. The van der Waals surface area contributed by atoms with E-state index in [0.29, 0.717) is 25.6 Å². The normalized spacial score (nSPS) is 18.2. The molecule has 188 valence electrons. The summed E-state index contributed by atoms with van der Waals surface area (Å²) in [6.07, 6.45) is 1.84. The van der Waals surface area contributed by atoms with Crippen molar-refractivity contribution in [1.82, 2.24) is 5.32 Å². The Morgan fingerprint density at radius 1 is 0.971 bits per heavy atom. The molecule has 2 heterocycles. The zero-order valence-corrected chi connectivity index (χ0v) is 18.6. The van der Waals surface area contributed by atoms with Gasteiger partial charge in [0.1, 0.15) is 28.2 Å². The molecule has 35 heavy (non-hydrogen) atoms. The van der Waals surface area contributed by atoms with Crippen molar-refractivity contribution in [3.05, 3.63) is 68.3 Å². The molecule has 0 bridgehead atoms. The molecular weight excluding hydrogens is 501 g/mol. The zero-order valence-electron chi connectivity index (χ0n) is 17.7. The van der Waals surface area contributed by atoms with Gasteiger partial charge in [0.05, 0.1) is 5.56 Å². The molecule has 0 spiro atoms. The molecule has 0 amide bonds. The van der Waals surface area contributed by atoms with Gasteiger partial charge in [0.25, 0.3) is 0 Å². The lowest BCUT2D eigenvalue weighted by Gasteiger charge is -2.31. The van der Waals surface area contributed by atoms with Crippen LogP contribution in [0, 0.1) is 35.0 Å². The molecule has 0 radical (unpaired) electrons. The summed E-state index contributed by atoms with van der Waals surface area (Å²) >= 11 is 0. The Kier molecular flexibility index (Phi) is 7.73. The van der Waals surface area contributed by atoms with Crippen LogP contribution in [0.3, 0.4) is 0 Å². The van der Waals surface area contributed by atoms with E-state index < -0.39 is 51.7 Å². The standard InChI is InChI=1S/C23H18F5NO5.ClH/c24-18-12(19(25)21(27)22(28)20(18)26)2-1-10-5-13(31)17-15(33)6-14(32)16(23(17)34-10)11-3-4-29-7-9(11)8-30;/h1-2,5-6,9,11,29-30,32-33H,3-4,7-8H2;1H. The highest BCUT2D eigenvalue weighted by molar-refractivity contribution is 5.89. The van der Waals surface area contributed by atoms with Gasteiger partial charge in [-0.3, -0.25) is 4.79 Å². The van der Waals surface area contributed by atoms with Gasteiger partial charge in [0.2, 0.25) is 5.82 Å². The molecule has 0 aliphatic carbocycles. The highest BCUT2D eigenvalue weighted by atomic mass is 35.5. The van der Waals surface area contributed by atoms with Crippen LogP contribution in [0.1, 0.15) is 29.2 Å². The first-order chi connectivity index (χ1) is 16.1. The first-order valence-electron chi connectivity index (χ1n) is 10.2. The molecule has 1 fully saturated rings. The van der Waals surface area contributed by atoms with Gasteiger partial charge in [0.15, 0.2) is 28.7 Å². The molecule has 12 heteroatoms. The Balaban J connectivity index is 0.00000342. The molecule has 0 saturated carbocycles. The fraction of sp³-hybridized carbons (Fsp3) is 0.261. The predicted octanol–water partition coefficient (Wildman–Crippen LogP) is 4.18. The van der Waals surface area contributed by atoms with Crippen molar-refractivity contribution >= 4 is 35.5 Å². The minimum absolute atomic E-state index is 0. The van der Waals surface area contributed by atoms with Crippen LogP contribution in [0.5, 0.6) is 11.5 Å². The van der Waals surface area contributed by atoms with Crippen molar-refractivity contribution in [2.45, 2.75) is 12.3 Å². The number of hydrogen-bond acceptors (Lipinski definition) is 6. The number of aromatic hydroxyl groups is 2. The molecule has 3 aromatic rings. The SMILES string of the molecule is Cl.O=c1cc(C=Cc2c(F)c(F)c(F)c(F)c2F)oc2c(C3CCNCC3CO)c(O)cc(O)c12. The number of aliphatic hydroxyl groups excluding tert-OH is 1. The monoisotopic (exact) mass is 519 g/mol. The van der Waals surface area contributed by atoms with Crippen LogP contribution in [0.15, 0.2) is 21.3 Å². The molecule has 1 aromatic heterocycles. The van der Waals surface area contributed by atoms with Crippen LogP contribution in [0.25, 0.3) is 23.1 Å². The number of benzene rings is 2. The van der Waals surface area contributed by atoms with Gasteiger partial charge in [-0.1, -0.05) is 0 Å². The number of phenols is 2. The lowest BCUT2D eigenvalue weighted by Crippen LogP contribution is -2.37. The number of halogens is 6. The molecule has 4 rings (SSSR count). The van der Waals surface area contributed by atoms with Crippen molar-refractivity contribution in [1.29, 1.82) is 0 Å². The molecule has 1 aliphatic rings. The van der Waals surface area contributed by atoms with Crippen molar-refractivity contribution in [2.24, 2.45) is 5.92 Å². The van der Waals surface area contributed by atoms with Crippen molar-refractivity contribution in [3.63, 3.8) is 0 Å². The zero-order chi connectivity index (χ0) is 24.7. The Labute approximate surface area is 200 Å². The van der Waals surface area contributed by atoms with E-state index >= 15 is 0 Å². The van der Waals surface area contributed by atoms with Gasteiger partial charge >= 0.3 is 0 Å². The van der Waals surface area contributed by atoms with Crippen LogP contribution in [0.4, 0.5) is 22.0 Å². The third kappa shape index (κ3) is 4.58. The second kappa shape index (κ2) is 10.2. The number of phenolic OH excluding ortho intramolecular Hbond substituents is 2. The van der Waals surface area contributed by atoms with Gasteiger partial charge in [-0.25, -0.2) is 22.0 Å². The number of nitrogens with one attached hydrogen (secondary N) is 1. The van der Waals surface area contributed by atoms with Crippen LogP contribution in [-0.2, 0) is 0 Å². The second-order valence-electron chi connectivity index (χ2n) is 7.90. The van der Waals surface area contributed by atoms with Crippen molar-refractivity contribution in [2.75, 3.05) is 19.7 Å². The number of rotatable bonds is 4. The second-order valence-corrected chi connectivity index (χ2v) is 7.90. The quantitative estimate of drug-likeness (QED) is 0.234. The van der Waals surface area contributed by atoms with Crippen molar-refractivity contribution in [3.8, 4) is 11.5 Å². The Morgan fingerprint density at radius 2 is 1.60 bits per heavy atom. The fourth-order valence-corrected chi connectivity index (χ4v) is 4.21. The third-order valence-corrected chi connectivity index (χ3v) is 5.89. The summed E-state index contributed by atoms with van der Waals surface area (Å²) < 4.78 is 73.8. The molecule has 6 nitrogen and oxygen atoms in total. The number of fused-ring (bicyclic) bond motifs is 1. The maximum Gasteiger partial charge on any atom is 0.200 e. The molecule has 1 aliphatic heterocycles. The van der Waals surface area contributed by atoms with E-state index in [1.54, 1.807) is 0 Å². The molecular formula is C23H19ClF5NO5. The van der Waals surface area contributed by atoms with E-state index in [-0.39, 0.29) is 53.0 Å². The lowest BCUT2D eigenvalue weighted by atomic mass is 9.80. The predicted molar refractivity (Wildman–Crippen MR) is 119 cm³/mol. The van der Waals surface area contributed by atoms with Gasteiger partial charge in [-0.05, 0) is 31.0 Å². The minimum Gasteiger partial charge on any atom is -0.507 e. The third-order valence-electron chi connectivity index (χ3n) is 5.89. The first kappa shape index (κ1) is 26.5. The van der Waals surface area contributed by atoms with Gasteiger partial charge in [0, 0.05) is 36.8 Å². The Morgan fingerprint density at radius 3 is 2.23 bits per heavy atom. The highest BCUT2D eigenvalue weighted by Crippen LogP contribution is 2.43. The average molecular weight is 520 g/mol. The van der Waals surface area contributed by atoms with E-state index in [1.807, 2.05) is 0 Å². The Bertz CT molecular complexity index is 1350. The first-order valence-corrected chi connectivity index (χ1v) is 10.2. The molecule has 1 saturated heterocycles. The maximum atomic E-state index is 14.0. The van der Waals surface area contributed by atoms with E-state index in [9.17, 15) is 42.1 Å². The molecule has 2 aromatic carbocycles. The van der Waals surface area contributed by atoms with Crippen molar-refractivity contribution < 1.29 is 41.7 Å². The molecule has 2 unspecified atom stereocenters. The summed E-state index contributed by atoms with van der Waals surface area (Å²) in [6.45, 7) is 0.698. The molecule has 2 atom stereocenters.